The van der Waals surface area contributed by atoms with Crippen molar-refractivity contribution < 1.29 is 8.42 Å². The summed E-state index contributed by atoms with van der Waals surface area (Å²) in [6.45, 7) is 2.77. The van der Waals surface area contributed by atoms with Crippen LogP contribution in [0.15, 0.2) is 21.7 Å². The highest BCUT2D eigenvalue weighted by atomic mass is 32.2. The summed E-state index contributed by atoms with van der Waals surface area (Å²) in [6.07, 6.45) is 5.88. The molecular formula is C13H19NO2S2. The Kier molecular flexibility index (Phi) is 3.03. The zero-order valence-electron chi connectivity index (χ0n) is 10.6. The van der Waals surface area contributed by atoms with Crippen LogP contribution in [0.1, 0.15) is 39.0 Å². The number of piperidine rings is 1. The van der Waals surface area contributed by atoms with Gasteiger partial charge in [-0.1, -0.05) is 12.5 Å². The molecule has 1 unspecified atom stereocenters. The van der Waals surface area contributed by atoms with Crippen LogP contribution < -0.4 is 0 Å². The van der Waals surface area contributed by atoms with Gasteiger partial charge in [-0.3, -0.25) is 0 Å². The van der Waals surface area contributed by atoms with Crippen molar-refractivity contribution in [1.82, 2.24) is 4.31 Å². The van der Waals surface area contributed by atoms with Gasteiger partial charge in [0.05, 0.1) is 0 Å². The fourth-order valence-electron chi connectivity index (χ4n) is 3.16. The van der Waals surface area contributed by atoms with Crippen LogP contribution in [-0.4, -0.2) is 25.3 Å². The highest BCUT2D eigenvalue weighted by Crippen LogP contribution is 2.49. The van der Waals surface area contributed by atoms with E-state index in [0.29, 0.717) is 9.62 Å². The topological polar surface area (TPSA) is 37.4 Å². The quantitative estimate of drug-likeness (QED) is 0.837. The Bertz CT molecular complexity index is 517. The van der Waals surface area contributed by atoms with E-state index in [1.807, 2.05) is 18.4 Å². The number of thiophene rings is 1. The van der Waals surface area contributed by atoms with Crippen LogP contribution >= 0.6 is 11.3 Å². The Hall–Kier alpha value is -0.390. The fraction of sp³-hybridized carbons (Fsp3) is 0.692. The molecular weight excluding hydrogens is 266 g/mol. The molecule has 1 aliphatic heterocycles. The largest absolute Gasteiger partial charge is 0.252 e. The molecule has 1 aromatic heterocycles. The molecule has 100 valence electrons. The summed E-state index contributed by atoms with van der Waals surface area (Å²) in [5.41, 5.74) is 0.302. The van der Waals surface area contributed by atoms with Gasteiger partial charge < -0.3 is 0 Å². The Balaban J connectivity index is 1.90. The van der Waals surface area contributed by atoms with Crippen LogP contribution in [0.3, 0.4) is 0 Å². The predicted molar refractivity (Wildman–Crippen MR) is 73.2 cm³/mol. The summed E-state index contributed by atoms with van der Waals surface area (Å²) < 4.78 is 27.5. The first-order valence-electron chi connectivity index (χ1n) is 6.59. The number of hydrogen-bond donors (Lipinski definition) is 0. The summed E-state index contributed by atoms with van der Waals surface area (Å²) in [7, 11) is -3.26. The van der Waals surface area contributed by atoms with Crippen molar-refractivity contribution in [3.63, 3.8) is 0 Å². The third-order valence-electron chi connectivity index (χ3n) is 4.55. The third-order valence-corrected chi connectivity index (χ3v) is 7.88. The van der Waals surface area contributed by atoms with Crippen molar-refractivity contribution in [3.8, 4) is 0 Å². The molecule has 18 heavy (non-hydrogen) atoms. The van der Waals surface area contributed by atoms with E-state index < -0.39 is 10.0 Å². The van der Waals surface area contributed by atoms with Gasteiger partial charge in [-0.2, -0.15) is 4.31 Å². The van der Waals surface area contributed by atoms with Crippen molar-refractivity contribution in [1.29, 1.82) is 0 Å². The van der Waals surface area contributed by atoms with Crippen LogP contribution in [0.25, 0.3) is 0 Å². The summed E-state index contributed by atoms with van der Waals surface area (Å²) in [5.74, 6) is 0. The lowest BCUT2D eigenvalue weighted by Gasteiger charge is -2.50. The molecule has 1 saturated carbocycles. The molecule has 1 spiro atoms. The van der Waals surface area contributed by atoms with Gasteiger partial charge in [0.25, 0.3) is 10.0 Å². The van der Waals surface area contributed by atoms with E-state index in [-0.39, 0.29) is 6.04 Å². The van der Waals surface area contributed by atoms with Crippen LogP contribution in [0.5, 0.6) is 0 Å². The monoisotopic (exact) mass is 285 g/mol. The van der Waals surface area contributed by atoms with Crippen LogP contribution in [-0.2, 0) is 10.0 Å². The first-order chi connectivity index (χ1) is 8.54. The number of rotatable bonds is 2. The van der Waals surface area contributed by atoms with Crippen molar-refractivity contribution >= 4 is 21.4 Å². The summed E-state index contributed by atoms with van der Waals surface area (Å²) in [5, 5.41) is 1.83. The molecule has 1 aliphatic carbocycles. The second-order valence-electron chi connectivity index (χ2n) is 5.72. The zero-order chi connectivity index (χ0) is 12.8. The second-order valence-corrected chi connectivity index (χ2v) is 8.79. The molecule has 1 saturated heterocycles. The van der Waals surface area contributed by atoms with Crippen molar-refractivity contribution in [2.45, 2.75) is 49.3 Å². The first kappa shape index (κ1) is 12.6. The summed E-state index contributed by atoms with van der Waals surface area (Å²) >= 11 is 1.32. The van der Waals surface area contributed by atoms with Gasteiger partial charge in [-0.05, 0) is 49.5 Å². The van der Waals surface area contributed by atoms with Gasteiger partial charge >= 0.3 is 0 Å². The molecule has 5 heteroatoms. The van der Waals surface area contributed by atoms with Crippen LogP contribution in [0.2, 0.25) is 0 Å². The minimum atomic E-state index is -3.26. The molecule has 2 aliphatic rings. The molecule has 0 N–H and O–H groups in total. The van der Waals surface area contributed by atoms with Gasteiger partial charge in [0.1, 0.15) is 4.21 Å². The van der Waals surface area contributed by atoms with E-state index >= 15 is 0 Å². The maximum Gasteiger partial charge on any atom is 0.252 e. The number of hydrogen-bond acceptors (Lipinski definition) is 3. The van der Waals surface area contributed by atoms with E-state index in [2.05, 4.69) is 0 Å². The SMILES string of the molecule is CC1CCC2(CCC2)CN1S(=O)(=O)c1cccs1. The summed E-state index contributed by atoms with van der Waals surface area (Å²) in [4.78, 5) is 0. The van der Waals surface area contributed by atoms with Crippen LogP contribution in [0, 0.1) is 5.41 Å². The van der Waals surface area contributed by atoms with Gasteiger partial charge in [-0.25, -0.2) is 8.42 Å². The Morgan fingerprint density at radius 2 is 2.17 bits per heavy atom. The van der Waals surface area contributed by atoms with Gasteiger partial charge in [0.2, 0.25) is 0 Å². The minimum absolute atomic E-state index is 0.142. The van der Waals surface area contributed by atoms with E-state index in [1.165, 1.54) is 37.0 Å². The molecule has 2 heterocycles. The molecule has 1 atom stereocenters. The lowest BCUT2D eigenvalue weighted by Crippen LogP contribution is -2.52. The maximum absolute atomic E-state index is 12.6. The van der Waals surface area contributed by atoms with Crippen molar-refractivity contribution in [2.24, 2.45) is 5.41 Å². The Labute approximate surface area is 113 Å². The Morgan fingerprint density at radius 3 is 2.72 bits per heavy atom. The average molecular weight is 285 g/mol. The smallest absolute Gasteiger partial charge is 0.206 e. The first-order valence-corrected chi connectivity index (χ1v) is 8.91. The minimum Gasteiger partial charge on any atom is -0.206 e. The van der Waals surface area contributed by atoms with Crippen molar-refractivity contribution in [3.05, 3.63) is 17.5 Å². The molecule has 1 aromatic rings. The lowest BCUT2D eigenvalue weighted by atomic mass is 9.64. The highest BCUT2D eigenvalue weighted by molar-refractivity contribution is 7.91. The second kappa shape index (κ2) is 4.32. The van der Waals surface area contributed by atoms with E-state index in [4.69, 9.17) is 0 Å². The molecule has 2 fully saturated rings. The number of nitrogens with zero attached hydrogens (tertiary/aromatic N) is 1. The standard InChI is InChI=1S/C13H19NO2S2/c1-11-5-8-13(6-3-7-13)10-14(11)18(15,16)12-4-2-9-17-12/h2,4,9,11H,3,5-8,10H2,1H3. The molecule has 0 amide bonds. The van der Waals surface area contributed by atoms with Gasteiger partial charge in [-0.15, -0.1) is 11.3 Å². The average Bonchev–Trinajstić information content (AvgIpc) is 2.81. The zero-order valence-corrected chi connectivity index (χ0v) is 12.3. The van der Waals surface area contributed by atoms with Crippen LogP contribution in [0.4, 0.5) is 0 Å². The molecule has 3 nitrogen and oxygen atoms in total. The van der Waals surface area contributed by atoms with E-state index in [0.717, 1.165) is 13.0 Å². The van der Waals surface area contributed by atoms with Gasteiger partial charge in [0, 0.05) is 12.6 Å². The summed E-state index contributed by atoms with van der Waals surface area (Å²) in [6, 6.07) is 3.67. The normalized spacial score (nSPS) is 28.2. The number of sulfonamides is 1. The molecule has 0 aromatic carbocycles. The highest BCUT2D eigenvalue weighted by Gasteiger charge is 2.46. The predicted octanol–water partition coefficient (Wildman–Crippen LogP) is 3.09. The van der Waals surface area contributed by atoms with E-state index in [1.54, 1.807) is 10.4 Å². The third kappa shape index (κ3) is 1.92. The molecule has 0 bridgehead atoms. The lowest BCUT2D eigenvalue weighted by molar-refractivity contribution is 0.0347. The molecule has 0 radical (unpaired) electrons. The maximum atomic E-state index is 12.6. The Morgan fingerprint density at radius 1 is 1.39 bits per heavy atom. The fourth-order valence-corrected chi connectivity index (χ4v) is 6.05. The molecule has 3 rings (SSSR count). The van der Waals surface area contributed by atoms with E-state index in [9.17, 15) is 8.42 Å². The van der Waals surface area contributed by atoms with Crippen molar-refractivity contribution in [2.75, 3.05) is 6.54 Å². The van der Waals surface area contributed by atoms with Gasteiger partial charge in [0.15, 0.2) is 0 Å².